The van der Waals surface area contributed by atoms with Gasteiger partial charge in [0.15, 0.2) is 0 Å². The van der Waals surface area contributed by atoms with E-state index in [9.17, 15) is 14.7 Å². The molecule has 11 nitrogen and oxygen atoms in total. The summed E-state index contributed by atoms with van der Waals surface area (Å²) in [4.78, 5) is 45.3. The van der Waals surface area contributed by atoms with Gasteiger partial charge in [0.05, 0.1) is 6.54 Å². The first-order valence-corrected chi connectivity index (χ1v) is 10.8. The van der Waals surface area contributed by atoms with Gasteiger partial charge in [0, 0.05) is 43.0 Å². The first kappa shape index (κ1) is 22.1. The van der Waals surface area contributed by atoms with Crippen LogP contribution in [0.4, 0.5) is 0 Å². The zero-order valence-corrected chi connectivity index (χ0v) is 18.2. The van der Waals surface area contributed by atoms with Gasteiger partial charge in [-0.15, -0.1) is 0 Å². The molecule has 2 bridgehead atoms. The molecule has 3 aliphatic rings. The van der Waals surface area contributed by atoms with Crippen molar-refractivity contribution in [2.75, 3.05) is 19.6 Å². The van der Waals surface area contributed by atoms with Crippen LogP contribution in [0.5, 0.6) is 0 Å². The highest BCUT2D eigenvalue weighted by molar-refractivity contribution is 5.77. The smallest absolute Gasteiger partial charge is 0.317 e. The van der Waals surface area contributed by atoms with Crippen LogP contribution in [0.15, 0.2) is 6.33 Å². The maximum Gasteiger partial charge on any atom is 0.317 e. The van der Waals surface area contributed by atoms with Crippen LogP contribution in [0, 0.1) is 25.7 Å². The van der Waals surface area contributed by atoms with Crippen molar-refractivity contribution in [3.8, 4) is 0 Å². The lowest BCUT2D eigenvalue weighted by molar-refractivity contribution is -0.139. The molecule has 11 heteroatoms. The van der Waals surface area contributed by atoms with Gasteiger partial charge in [-0.05, 0) is 50.5 Å². The Morgan fingerprint density at radius 3 is 2.41 bits per heavy atom. The van der Waals surface area contributed by atoms with E-state index in [4.69, 9.17) is 9.90 Å². The van der Waals surface area contributed by atoms with Crippen LogP contribution in [0.25, 0.3) is 5.78 Å². The monoisotopic (exact) mass is 444 g/mol. The second-order valence-electron chi connectivity index (χ2n) is 8.74. The van der Waals surface area contributed by atoms with Gasteiger partial charge in [-0.25, -0.2) is 9.50 Å². The van der Waals surface area contributed by atoms with Crippen LogP contribution in [0.2, 0.25) is 0 Å². The number of aryl methyl sites for hydroxylation is 2. The molecular formula is C21H28N6O5. The molecule has 0 radical (unpaired) electrons. The summed E-state index contributed by atoms with van der Waals surface area (Å²) in [5.41, 5.74) is 2.94. The fourth-order valence-corrected chi connectivity index (χ4v) is 6.01. The third-order valence-corrected chi connectivity index (χ3v) is 7.26. The van der Waals surface area contributed by atoms with Crippen molar-refractivity contribution in [1.29, 1.82) is 0 Å². The SMILES string of the molecule is Cc1nc2ncnn2c(C)c1CCC(=O)N1C[C@@H]2[C@H](C1)[C@@H]1CC[C@H]2N1CC(=O)O.O=CO. The summed E-state index contributed by atoms with van der Waals surface area (Å²) in [7, 11) is 0. The molecule has 0 aliphatic carbocycles. The van der Waals surface area contributed by atoms with Gasteiger partial charge in [-0.1, -0.05) is 0 Å². The molecule has 2 aromatic rings. The van der Waals surface area contributed by atoms with E-state index in [1.54, 1.807) is 4.52 Å². The Balaban J connectivity index is 0.000000775. The lowest BCUT2D eigenvalue weighted by atomic mass is 9.82. The van der Waals surface area contributed by atoms with Crippen molar-refractivity contribution in [1.82, 2.24) is 29.4 Å². The number of fused-ring (bicyclic) bond motifs is 6. The van der Waals surface area contributed by atoms with Gasteiger partial charge in [0.25, 0.3) is 12.2 Å². The highest BCUT2D eigenvalue weighted by atomic mass is 16.4. The minimum Gasteiger partial charge on any atom is -0.483 e. The van der Waals surface area contributed by atoms with Gasteiger partial charge in [-0.3, -0.25) is 19.3 Å². The summed E-state index contributed by atoms with van der Waals surface area (Å²) in [5.74, 6) is 0.866. The normalized spacial score (nSPS) is 26.1. The maximum atomic E-state index is 12.9. The molecule has 0 aromatic carbocycles. The summed E-state index contributed by atoms with van der Waals surface area (Å²) in [6, 6.07) is 0.643. The van der Waals surface area contributed by atoms with Crippen molar-refractivity contribution < 1.29 is 24.6 Å². The van der Waals surface area contributed by atoms with Crippen LogP contribution in [0.1, 0.15) is 36.2 Å². The van der Waals surface area contributed by atoms with Gasteiger partial charge in [-0.2, -0.15) is 10.1 Å². The van der Waals surface area contributed by atoms with Gasteiger partial charge >= 0.3 is 5.97 Å². The van der Waals surface area contributed by atoms with E-state index in [1.165, 1.54) is 6.33 Å². The molecule has 5 rings (SSSR count). The second-order valence-corrected chi connectivity index (χ2v) is 8.74. The summed E-state index contributed by atoms with van der Waals surface area (Å²) in [6.07, 6.45) is 4.71. The molecule has 5 heterocycles. The van der Waals surface area contributed by atoms with Gasteiger partial charge in [0.2, 0.25) is 5.91 Å². The largest absolute Gasteiger partial charge is 0.483 e. The summed E-state index contributed by atoms with van der Waals surface area (Å²) in [6.45, 7) is 5.35. The first-order chi connectivity index (χ1) is 15.3. The molecule has 0 spiro atoms. The zero-order chi connectivity index (χ0) is 23.0. The average molecular weight is 444 g/mol. The fraction of sp³-hybridized carbons (Fsp3) is 0.619. The third-order valence-electron chi connectivity index (χ3n) is 7.26. The molecule has 0 unspecified atom stereocenters. The number of nitrogens with zero attached hydrogens (tertiary/aromatic N) is 6. The topological polar surface area (TPSA) is 141 Å². The number of hydrogen-bond donors (Lipinski definition) is 2. The highest BCUT2D eigenvalue weighted by Gasteiger charge is 2.57. The summed E-state index contributed by atoms with van der Waals surface area (Å²) in [5, 5.41) is 20.3. The number of aliphatic carboxylic acids is 1. The molecule has 2 aromatic heterocycles. The van der Waals surface area contributed by atoms with Crippen molar-refractivity contribution in [2.24, 2.45) is 11.8 Å². The maximum absolute atomic E-state index is 12.9. The lowest BCUT2D eigenvalue weighted by Gasteiger charge is -2.25. The minimum atomic E-state index is -0.751. The van der Waals surface area contributed by atoms with E-state index in [1.807, 2.05) is 18.7 Å². The molecule has 32 heavy (non-hydrogen) atoms. The number of carboxylic acids is 1. The van der Waals surface area contributed by atoms with E-state index >= 15 is 0 Å². The zero-order valence-electron chi connectivity index (χ0n) is 18.2. The number of hydrogen-bond acceptors (Lipinski definition) is 7. The van der Waals surface area contributed by atoms with Crippen molar-refractivity contribution in [2.45, 2.75) is 51.6 Å². The van der Waals surface area contributed by atoms with E-state index in [2.05, 4.69) is 20.0 Å². The molecule has 3 saturated heterocycles. The number of carboxylic acid groups (broad SMARTS) is 2. The van der Waals surface area contributed by atoms with E-state index < -0.39 is 5.97 Å². The van der Waals surface area contributed by atoms with Gasteiger partial charge in [0.1, 0.15) is 6.33 Å². The van der Waals surface area contributed by atoms with Crippen molar-refractivity contribution in [3.63, 3.8) is 0 Å². The van der Waals surface area contributed by atoms with Crippen LogP contribution in [-0.2, 0) is 20.8 Å². The van der Waals surface area contributed by atoms with E-state index in [0.717, 1.165) is 42.9 Å². The molecule has 1 amide bonds. The summed E-state index contributed by atoms with van der Waals surface area (Å²) < 4.78 is 1.72. The number of aromatic nitrogens is 4. The Morgan fingerprint density at radius 2 is 1.81 bits per heavy atom. The minimum absolute atomic E-state index is 0.132. The predicted octanol–water partition coefficient (Wildman–Crippen LogP) is 0.380. The number of carbonyl (C=O) groups is 3. The van der Waals surface area contributed by atoms with Gasteiger partial charge < -0.3 is 15.1 Å². The Hall–Kier alpha value is -3.08. The van der Waals surface area contributed by atoms with E-state index in [-0.39, 0.29) is 18.9 Å². The number of carbonyl (C=O) groups excluding carboxylic acids is 1. The molecule has 3 fully saturated rings. The number of amides is 1. The van der Waals surface area contributed by atoms with Crippen LogP contribution < -0.4 is 0 Å². The third kappa shape index (κ3) is 3.81. The lowest BCUT2D eigenvalue weighted by Crippen LogP contribution is -2.40. The standard InChI is InChI=1S/C20H26N6O3.CH2O2/c1-11-13(12(2)26-20(23-11)21-10-22-26)3-6-18(27)24-7-14-15(8-24)17-5-4-16(14)25(17)9-19(28)29;2-1-3/h10,14-17H,3-9H2,1-2H3,(H,28,29);1H,(H,2,3)/t14-,15+,16-,17+;. The van der Waals surface area contributed by atoms with Crippen molar-refractivity contribution >= 4 is 24.1 Å². The van der Waals surface area contributed by atoms with Crippen molar-refractivity contribution in [3.05, 3.63) is 23.3 Å². The Morgan fingerprint density at radius 1 is 1.19 bits per heavy atom. The molecular weight excluding hydrogens is 416 g/mol. The molecule has 172 valence electrons. The molecule has 0 saturated carbocycles. The first-order valence-electron chi connectivity index (χ1n) is 10.8. The quantitative estimate of drug-likeness (QED) is 0.626. The fourth-order valence-electron chi connectivity index (χ4n) is 6.01. The Labute approximate surface area is 185 Å². The second kappa shape index (κ2) is 8.81. The Bertz CT molecular complexity index is 1020. The number of likely N-dealkylation sites (tertiary alicyclic amines) is 1. The van der Waals surface area contributed by atoms with Crippen LogP contribution in [0.3, 0.4) is 0 Å². The van der Waals surface area contributed by atoms with Crippen LogP contribution in [-0.4, -0.2) is 89.7 Å². The number of rotatable bonds is 5. The summed E-state index contributed by atoms with van der Waals surface area (Å²) >= 11 is 0. The Kier molecular flexibility index (Phi) is 6.09. The van der Waals surface area contributed by atoms with Crippen LogP contribution >= 0.6 is 0 Å². The molecule has 2 N–H and O–H groups in total. The highest BCUT2D eigenvalue weighted by Crippen LogP contribution is 2.49. The average Bonchev–Trinajstić information content (AvgIpc) is 3.49. The molecule has 3 aliphatic heterocycles. The predicted molar refractivity (Wildman–Crippen MR) is 112 cm³/mol. The molecule has 4 atom stereocenters. The van der Waals surface area contributed by atoms with E-state index in [0.29, 0.717) is 42.5 Å².